The van der Waals surface area contributed by atoms with Gasteiger partial charge in [-0.1, -0.05) is 133 Å². The smallest absolute Gasteiger partial charge is 0.241 e. The summed E-state index contributed by atoms with van der Waals surface area (Å²) in [6.45, 7) is 8.54. The molecule has 1 aliphatic carbocycles. The van der Waals surface area contributed by atoms with Crippen molar-refractivity contribution in [1.29, 1.82) is 0 Å². The maximum absolute atomic E-state index is 7.19. The number of ether oxygens (including phenoxy) is 4. The Balaban J connectivity index is 1.27. The Bertz CT molecular complexity index is 2100. The van der Waals surface area contributed by atoms with E-state index in [4.69, 9.17) is 18.9 Å². The van der Waals surface area contributed by atoms with E-state index in [-0.39, 0.29) is 11.8 Å². The zero-order valence-corrected chi connectivity index (χ0v) is 32.3. The number of rotatable bonds is 8. The van der Waals surface area contributed by atoms with Gasteiger partial charge in [0.1, 0.15) is 0 Å². The van der Waals surface area contributed by atoms with E-state index in [0.29, 0.717) is 11.8 Å². The molecule has 0 spiro atoms. The van der Waals surface area contributed by atoms with Crippen molar-refractivity contribution < 1.29 is 18.9 Å². The van der Waals surface area contributed by atoms with Crippen LogP contribution in [0.1, 0.15) is 19.3 Å². The van der Waals surface area contributed by atoms with Gasteiger partial charge in [-0.05, 0) is 102 Å². The summed E-state index contributed by atoms with van der Waals surface area (Å²) >= 11 is 0. The number of fused-ring (bicyclic) bond motifs is 4. The average molecular weight is 757 g/mol. The standard InChI is InChI=1S/C49H42O4P2/c1-3-32-29-33(4-2)39-31-45-51-41-26-28-43(55(36-21-13-7-14-22-36)37-23-15-8-16-24-37)47(49(41)53-45)46-42(27-25-40-48(46)52-44(50-40)30-38(32)39)54(34-17-9-5-10-18-34)35-19-11-6-12-20-35/h3-28,32-33,38-39,44-45H,1-2,29-31H2/t32-,33?,38?,39?,44+,45-/m1/s1. The van der Waals surface area contributed by atoms with Crippen LogP contribution in [0.15, 0.2) is 171 Å². The van der Waals surface area contributed by atoms with Crippen molar-refractivity contribution in [1.82, 2.24) is 0 Å². The van der Waals surface area contributed by atoms with Crippen LogP contribution >= 0.6 is 15.8 Å². The summed E-state index contributed by atoms with van der Waals surface area (Å²) in [5.41, 5.74) is 2.06. The molecule has 6 heteroatoms. The molecule has 10 rings (SSSR count). The predicted octanol–water partition coefficient (Wildman–Crippen LogP) is 9.10. The van der Waals surface area contributed by atoms with Crippen LogP contribution in [0.3, 0.4) is 0 Å². The zero-order valence-electron chi connectivity index (χ0n) is 30.5. The third-order valence-corrected chi connectivity index (χ3v) is 16.7. The van der Waals surface area contributed by atoms with Gasteiger partial charge in [0.25, 0.3) is 0 Å². The fourth-order valence-corrected chi connectivity index (χ4v) is 14.2. The van der Waals surface area contributed by atoms with Gasteiger partial charge in [0.05, 0.1) is 0 Å². The average Bonchev–Trinajstić information content (AvgIpc) is 3.94. The Morgan fingerprint density at radius 1 is 0.418 bits per heavy atom. The lowest BCUT2D eigenvalue weighted by molar-refractivity contribution is -0.00845. The van der Waals surface area contributed by atoms with E-state index in [1.54, 1.807) is 0 Å². The molecule has 0 N–H and O–H groups in total. The second kappa shape index (κ2) is 14.5. The topological polar surface area (TPSA) is 36.9 Å². The van der Waals surface area contributed by atoms with Crippen LogP contribution in [0.5, 0.6) is 23.0 Å². The highest BCUT2D eigenvalue weighted by Gasteiger charge is 2.47. The quantitative estimate of drug-likeness (QED) is 0.115. The molecule has 4 aliphatic rings. The van der Waals surface area contributed by atoms with Crippen LogP contribution in [0.4, 0.5) is 0 Å². The molecule has 0 saturated heterocycles. The zero-order chi connectivity index (χ0) is 36.9. The van der Waals surface area contributed by atoms with E-state index in [1.807, 2.05) is 0 Å². The summed E-state index contributed by atoms with van der Waals surface area (Å²) in [7, 11) is -2.08. The van der Waals surface area contributed by atoms with E-state index < -0.39 is 28.4 Å². The Labute approximate surface area is 326 Å². The molecule has 1 fully saturated rings. The van der Waals surface area contributed by atoms with Gasteiger partial charge in [-0.3, -0.25) is 0 Å². The Morgan fingerprint density at radius 2 is 0.764 bits per heavy atom. The Hall–Kier alpha value is -5.14. The summed E-state index contributed by atoms with van der Waals surface area (Å²) in [5, 5.41) is 7.43. The number of hydrogen-bond donors (Lipinski definition) is 0. The van der Waals surface area contributed by atoms with Crippen LogP contribution in [0.2, 0.25) is 0 Å². The van der Waals surface area contributed by atoms with E-state index in [1.165, 1.54) is 31.8 Å². The molecule has 6 aromatic carbocycles. The molecule has 0 aromatic heterocycles. The van der Waals surface area contributed by atoms with Crippen molar-refractivity contribution in [3.05, 3.63) is 171 Å². The van der Waals surface area contributed by atoms with Gasteiger partial charge in [0.15, 0.2) is 23.0 Å². The molecule has 0 radical (unpaired) electrons. The first-order valence-corrected chi connectivity index (χ1v) is 21.9. The van der Waals surface area contributed by atoms with Crippen LogP contribution in [0.25, 0.3) is 11.1 Å². The molecule has 1 saturated carbocycles. The number of hydrogen-bond acceptors (Lipinski definition) is 4. The monoisotopic (exact) mass is 756 g/mol. The normalized spacial score (nSPS) is 23.0. The first-order valence-electron chi connectivity index (χ1n) is 19.2. The molecule has 55 heavy (non-hydrogen) atoms. The molecule has 3 unspecified atom stereocenters. The lowest BCUT2D eigenvalue weighted by Gasteiger charge is -2.29. The van der Waals surface area contributed by atoms with E-state index in [0.717, 1.165) is 53.4 Å². The van der Waals surface area contributed by atoms with Crippen LogP contribution in [0, 0.1) is 23.7 Å². The molecule has 0 amide bonds. The predicted molar refractivity (Wildman–Crippen MR) is 228 cm³/mol. The van der Waals surface area contributed by atoms with Crippen molar-refractivity contribution in [2.24, 2.45) is 23.7 Å². The highest BCUT2D eigenvalue weighted by Crippen LogP contribution is 2.57. The molecule has 6 aromatic rings. The molecule has 272 valence electrons. The second-order valence-electron chi connectivity index (χ2n) is 14.8. The van der Waals surface area contributed by atoms with Crippen molar-refractivity contribution >= 4 is 47.7 Å². The SMILES string of the molecule is C=CC1C[C@@H](C=C)C2C[C@H]3Oc4ccc(P(c5ccccc5)c5ccccc5)c(c4O3)-c3c(P(c4ccccc4)c4ccccc4)ccc4c3O[C@H](CC12)O4. The van der Waals surface area contributed by atoms with Crippen molar-refractivity contribution in [2.45, 2.75) is 31.8 Å². The summed E-state index contributed by atoms with van der Waals surface area (Å²) < 4.78 is 28.1. The van der Waals surface area contributed by atoms with E-state index in [9.17, 15) is 0 Å². The number of benzene rings is 6. The minimum atomic E-state index is -1.04. The summed E-state index contributed by atoms with van der Waals surface area (Å²) in [6.07, 6.45) is 5.87. The van der Waals surface area contributed by atoms with Crippen molar-refractivity contribution in [2.75, 3.05) is 0 Å². The van der Waals surface area contributed by atoms with Gasteiger partial charge in [0, 0.05) is 24.0 Å². The van der Waals surface area contributed by atoms with Gasteiger partial charge in [-0.2, -0.15) is 0 Å². The van der Waals surface area contributed by atoms with Gasteiger partial charge >= 0.3 is 0 Å². The summed E-state index contributed by atoms with van der Waals surface area (Å²) in [4.78, 5) is 0. The highest BCUT2D eigenvalue weighted by molar-refractivity contribution is 7.80. The lowest BCUT2D eigenvalue weighted by atomic mass is 9.82. The minimum absolute atomic E-state index is 0.280. The molecule has 3 aliphatic heterocycles. The molecule has 4 nitrogen and oxygen atoms in total. The fourth-order valence-electron chi connectivity index (χ4n) is 9.32. The van der Waals surface area contributed by atoms with Crippen molar-refractivity contribution in [3.8, 4) is 34.1 Å². The van der Waals surface area contributed by atoms with E-state index >= 15 is 0 Å². The summed E-state index contributed by atoms with van der Waals surface area (Å²) in [5.74, 6) is 4.30. The molecular formula is C49H42O4P2. The Morgan fingerprint density at radius 3 is 1.09 bits per heavy atom. The first-order chi connectivity index (χ1) is 27.2. The maximum Gasteiger partial charge on any atom is 0.241 e. The van der Waals surface area contributed by atoms with Crippen LogP contribution in [-0.2, 0) is 0 Å². The molecular weight excluding hydrogens is 714 g/mol. The largest absolute Gasteiger partial charge is 0.451 e. The van der Waals surface area contributed by atoms with Gasteiger partial charge in [0.2, 0.25) is 12.6 Å². The highest BCUT2D eigenvalue weighted by atomic mass is 31.1. The van der Waals surface area contributed by atoms with Gasteiger partial charge in [-0.25, -0.2) is 0 Å². The Kier molecular flexibility index (Phi) is 9.06. The van der Waals surface area contributed by atoms with Crippen LogP contribution in [-0.4, -0.2) is 12.6 Å². The maximum atomic E-state index is 7.19. The third-order valence-electron chi connectivity index (χ3n) is 11.7. The molecule has 4 bridgehead atoms. The van der Waals surface area contributed by atoms with Crippen LogP contribution < -0.4 is 50.8 Å². The number of allylic oxidation sites excluding steroid dienone is 2. The van der Waals surface area contributed by atoms with Gasteiger partial charge < -0.3 is 18.9 Å². The third kappa shape index (κ3) is 6.08. The van der Waals surface area contributed by atoms with E-state index in [2.05, 4.69) is 171 Å². The summed E-state index contributed by atoms with van der Waals surface area (Å²) in [6, 6.07) is 52.4. The second-order valence-corrected chi connectivity index (χ2v) is 19.1. The minimum Gasteiger partial charge on any atom is -0.451 e. The fraction of sp³-hybridized carbons (Fsp3) is 0.184. The lowest BCUT2D eigenvalue weighted by Crippen LogP contribution is -2.32. The molecule has 3 heterocycles. The van der Waals surface area contributed by atoms with Crippen molar-refractivity contribution in [3.63, 3.8) is 0 Å². The van der Waals surface area contributed by atoms with Gasteiger partial charge in [-0.15, -0.1) is 13.2 Å². The molecule has 6 atom stereocenters. The first kappa shape index (κ1) is 34.4.